The normalized spacial score (nSPS) is 11.4. The number of hydrogen-bond acceptors (Lipinski definition) is 5. The van der Waals surface area contributed by atoms with E-state index < -0.39 is 22.5 Å². The zero-order chi connectivity index (χ0) is 23.8. The van der Waals surface area contributed by atoms with E-state index in [-0.39, 0.29) is 10.7 Å². The second-order valence-electron chi connectivity index (χ2n) is 6.96. The number of rotatable bonds is 9. The fourth-order valence-corrected chi connectivity index (χ4v) is 4.15. The molecule has 0 bridgehead atoms. The van der Waals surface area contributed by atoms with Crippen LogP contribution in [0, 0.1) is 0 Å². The van der Waals surface area contributed by atoms with E-state index in [4.69, 9.17) is 27.9 Å². The van der Waals surface area contributed by atoms with Crippen LogP contribution in [0.1, 0.15) is 11.1 Å². The lowest BCUT2D eigenvalue weighted by Gasteiger charge is -2.22. The molecule has 172 valence electrons. The Morgan fingerprint density at radius 3 is 2.27 bits per heavy atom. The zero-order valence-corrected chi connectivity index (χ0v) is 19.9. The van der Waals surface area contributed by atoms with Crippen LogP contribution in [0.15, 0.2) is 77.9 Å². The number of para-hydroxylation sites is 1. The molecule has 3 aromatic carbocycles. The summed E-state index contributed by atoms with van der Waals surface area (Å²) in [5, 5.41) is 4.75. The first-order chi connectivity index (χ1) is 15.7. The van der Waals surface area contributed by atoms with Crippen molar-refractivity contribution >= 4 is 51.0 Å². The van der Waals surface area contributed by atoms with Gasteiger partial charge in [0.1, 0.15) is 18.9 Å². The van der Waals surface area contributed by atoms with Gasteiger partial charge in [-0.05, 0) is 48.0 Å². The molecule has 0 aromatic heterocycles. The Balaban J connectivity index is 1.56. The Hall–Kier alpha value is -3.07. The highest BCUT2D eigenvalue weighted by molar-refractivity contribution is 7.92. The standard InChI is InChI=1S/C23H21Cl2N3O4S/c1-33(30,31)28(22-9-5-4-8-21(22)25)15-23(29)27-26-14-17-10-12-19(13-11-17)32-16-18-6-2-3-7-20(18)24/h2-14H,15-16H2,1H3,(H,27,29)/b26-14-. The fraction of sp³-hybridized carbons (Fsp3) is 0.130. The van der Waals surface area contributed by atoms with Gasteiger partial charge in [0.15, 0.2) is 0 Å². The summed E-state index contributed by atoms with van der Waals surface area (Å²) in [6.07, 6.45) is 2.44. The van der Waals surface area contributed by atoms with E-state index in [9.17, 15) is 13.2 Å². The van der Waals surface area contributed by atoms with Crippen molar-refractivity contribution in [2.45, 2.75) is 6.61 Å². The predicted octanol–water partition coefficient (Wildman–Crippen LogP) is 4.49. The van der Waals surface area contributed by atoms with Gasteiger partial charge in [-0.1, -0.05) is 53.5 Å². The lowest BCUT2D eigenvalue weighted by molar-refractivity contribution is -0.119. The minimum Gasteiger partial charge on any atom is -0.489 e. The molecular formula is C23H21Cl2N3O4S. The van der Waals surface area contributed by atoms with Crippen LogP contribution >= 0.6 is 23.2 Å². The Bertz CT molecular complexity index is 1250. The molecule has 0 aliphatic rings. The van der Waals surface area contributed by atoms with Crippen LogP contribution in [0.5, 0.6) is 5.75 Å². The number of carbonyl (C=O) groups is 1. The molecule has 0 unspecified atom stereocenters. The first kappa shape index (κ1) is 24.6. The van der Waals surface area contributed by atoms with Crippen LogP contribution in [0.4, 0.5) is 5.69 Å². The van der Waals surface area contributed by atoms with E-state index in [0.717, 1.165) is 16.1 Å². The third-order valence-electron chi connectivity index (χ3n) is 4.44. The van der Waals surface area contributed by atoms with Crippen molar-refractivity contribution in [1.29, 1.82) is 0 Å². The third kappa shape index (κ3) is 7.21. The van der Waals surface area contributed by atoms with Gasteiger partial charge in [-0.3, -0.25) is 9.10 Å². The monoisotopic (exact) mass is 505 g/mol. The van der Waals surface area contributed by atoms with Gasteiger partial charge in [-0.2, -0.15) is 5.10 Å². The van der Waals surface area contributed by atoms with Crippen molar-refractivity contribution in [3.05, 3.63) is 94.0 Å². The minimum atomic E-state index is -3.73. The van der Waals surface area contributed by atoms with Gasteiger partial charge in [0.25, 0.3) is 5.91 Å². The summed E-state index contributed by atoms with van der Waals surface area (Å²) in [5.74, 6) is 0.0379. The van der Waals surface area contributed by atoms with E-state index in [1.165, 1.54) is 12.3 Å². The molecule has 0 aliphatic heterocycles. The average molecular weight is 506 g/mol. The van der Waals surface area contributed by atoms with Gasteiger partial charge in [0.05, 0.1) is 23.2 Å². The largest absolute Gasteiger partial charge is 0.489 e. The number of hydrogen-bond donors (Lipinski definition) is 1. The smallest absolute Gasteiger partial charge is 0.260 e. The van der Waals surface area contributed by atoms with Crippen molar-refractivity contribution in [2.75, 3.05) is 17.1 Å². The molecule has 0 fully saturated rings. The maximum atomic E-state index is 12.3. The second kappa shape index (κ2) is 11.2. The molecule has 0 radical (unpaired) electrons. The van der Waals surface area contributed by atoms with Crippen LogP contribution in [-0.2, 0) is 21.4 Å². The Morgan fingerprint density at radius 2 is 1.64 bits per heavy atom. The van der Waals surface area contributed by atoms with Crippen molar-refractivity contribution in [2.24, 2.45) is 5.10 Å². The maximum absolute atomic E-state index is 12.3. The Morgan fingerprint density at radius 1 is 1.00 bits per heavy atom. The van der Waals surface area contributed by atoms with Crippen LogP contribution in [0.25, 0.3) is 0 Å². The number of halogens is 2. The summed E-state index contributed by atoms with van der Waals surface area (Å²) >= 11 is 12.2. The summed E-state index contributed by atoms with van der Waals surface area (Å²) < 4.78 is 30.9. The maximum Gasteiger partial charge on any atom is 0.260 e. The zero-order valence-electron chi connectivity index (χ0n) is 17.6. The lowest BCUT2D eigenvalue weighted by Crippen LogP contribution is -2.39. The molecule has 1 amide bonds. The summed E-state index contributed by atoms with van der Waals surface area (Å²) in [6, 6.07) is 20.9. The van der Waals surface area contributed by atoms with Gasteiger partial charge in [0.2, 0.25) is 10.0 Å². The highest BCUT2D eigenvalue weighted by Gasteiger charge is 2.22. The summed E-state index contributed by atoms with van der Waals surface area (Å²) in [7, 11) is -3.73. The highest BCUT2D eigenvalue weighted by atomic mass is 35.5. The van der Waals surface area contributed by atoms with Gasteiger partial charge >= 0.3 is 0 Å². The summed E-state index contributed by atoms with van der Waals surface area (Å²) in [6.45, 7) is -0.125. The third-order valence-corrected chi connectivity index (χ3v) is 6.26. The number of amides is 1. The molecule has 3 aromatic rings. The van der Waals surface area contributed by atoms with E-state index >= 15 is 0 Å². The van der Waals surface area contributed by atoms with Crippen LogP contribution in [-0.4, -0.2) is 33.3 Å². The Labute approximate surface area is 202 Å². The van der Waals surface area contributed by atoms with E-state index in [1.807, 2.05) is 18.2 Å². The quantitative estimate of drug-likeness (QED) is 0.342. The molecule has 3 rings (SSSR count). The molecule has 1 N–H and O–H groups in total. The number of benzene rings is 3. The van der Waals surface area contributed by atoms with Crippen LogP contribution in [0.3, 0.4) is 0 Å². The summed E-state index contributed by atoms with van der Waals surface area (Å²) in [5.41, 5.74) is 4.14. The molecule has 0 saturated heterocycles. The van der Waals surface area contributed by atoms with E-state index in [1.54, 1.807) is 48.5 Å². The van der Waals surface area contributed by atoms with Crippen LogP contribution in [0.2, 0.25) is 10.0 Å². The first-order valence-electron chi connectivity index (χ1n) is 9.74. The van der Waals surface area contributed by atoms with Crippen molar-refractivity contribution in [3.63, 3.8) is 0 Å². The molecule has 0 spiro atoms. The number of carbonyl (C=O) groups excluding carboxylic acids is 1. The van der Waals surface area contributed by atoms with Crippen LogP contribution < -0.4 is 14.5 Å². The SMILES string of the molecule is CS(=O)(=O)N(CC(=O)N/N=C\c1ccc(OCc2ccccc2Cl)cc1)c1ccccc1Cl. The topological polar surface area (TPSA) is 88.1 Å². The van der Waals surface area contributed by atoms with E-state index in [2.05, 4.69) is 10.5 Å². The first-order valence-corrected chi connectivity index (χ1v) is 12.3. The number of ether oxygens (including phenoxy) is 1. The number of sulfonamides is 1. The second-order valence-corrected chi connectivity index (χ2v) is 9.68. The number of anilines is 1. The summed E-state index contributed by atoms with van der Waals surface area (Å²) in [4.78, 5) is 12.3. The lowest BCUT2D eigenvalue weighted by atomic mass is 10.2. The number of nitrogens with zero attached hydrogens (tertiary/aromatic N) is 2. The molecule has 0 saturated carbocycles. The molecule has 7 nitrogen and oxygen atoms in total. The van der Waals surface area contributed by atoms with Gasteiger partial charge < -0.3 is 4.74 Å². The van der Waals surface area contributed by atoms with Gasteiger partial charge in [-0.15, -0.1) is 0 Å². The molecular weight excluding hydrogens is 485 g/mol. The van der Waals surface area contributed by atoms with Gasteiger partial charge in [0, 0.05) is 10.6 Å². The molecule has 0 atom stereocenters. The van der Waals surface area contributed by atoms with Crippen molar-refractivity contribution in [3.8, 4) is 5.75 Å². The number of hydrazone groups is 1. The minimum absolute atomic E-state index is 0.216. The van der Waals surface area contributed by atoms with Crippen molar-refractivity contribution < 1.29 is 17.9 Å². The highest BCUT2D eigenvalue weighted by Crippen LogP contribution is 2.26. The average Bonchev–Trinajstić information content (AvgIpc) is 2.78. The predicted molar refractivity (Wildman–Crippen MR) is 132 cm³/mol. The van der Waals surface area contributed by atoms with E-state index in [0.29, 0.717) is 22.9 Å². The fourth-order valence-electron chi connectivity index (χ4n) is 2.81. The number of nitrogens with one attached hydrogen (secondary N) is 1. The molecule has 10 heteroatoms. The van der Waals surface area contributed by atoms with Gasteiger partial charge in [-0.25, -0.2) is 13.8 Å². The Kier molecular flexibility index (Phi) is 8.32. The molecule has 33 heavy (non-hydrogen) atoms. The molecule has 0 aliphatic carbocycles. The molecule has 0 heterocycles. The van der Waals surface area contributed by atoms with Crippen molar-refractivity contribution in [1.82, 2.24) is 5.43 Å².